The van der Waals surface area contributed by atoms with Crippen LogP contribution < -0.4 is 4.90 Å². The van der Waals surface area contributed by atoms with Crippen molar-refractivity contribution < 1.29 is 9.00 Å². The highest BCUT2D eigenvalue weighted by atomic mass is 32.2. The van der Waals surface area contributed by atoms with Gasteiger partial charge in [-0.05, 0) is 37.8 Å². The van der Waals surface area contributed by atoms with E-state index in [2.05, 4.69) is 4.98 Å². The van der Waals surface area contributed by atoms with E-state index in [1.807, 2.05) is 31.1 Å². The molecule has 0 aliphatic carbocycles. The summed E-state index contributed by atoms with van der Waals surface area (Å²) in [5.41, 5.74) is 0.691. The maximum Gasteiger partial charge on any atom is 0.167 e. The highest BCUT2D eigenvalue weighted by Crippen LogP contribution is 2.38. The zero-order valence-electron chi connectivity index (χ0n) is 12.6. The smallest absolute Gasteiger partial charge is 0.167 e. The summed E-state index contributed by atoms with van der Waals surface area (Å²) in [5, 5.41) is 0.473. The topological polar surface area (TPSA) is 50.3 Å². The van der Waals surface area contributed by atoms with Crippen LogP contribution in [0.3, 0.4) is 0 Å². The summed E-state index contributed by atoms with van der Waals surface area (Å²) in [6, 6.07) is 3.75. The molecule has 4 nitrogen and oxygen atoms in total. The van der Waals surface area contributed by atoms with Gasteiger partial charge in [-0.3, -0.25) is 9.00 Å². The van der Waals surface area contributed by atoms with E-state index in [0.29, 0.717) is 5.56 Å². The van der Waals surface area contributed by atoms with Gasteiger partial charge in [0.15, 0.2) is 5.78 Å². The maximum absolute atomic E-state index is 12.7. The summed E-state index contributed by atoms with van der Waals surface area (Å²) in [6.45, 7) is 0. The molecule has 0 saturated carbocycles. The third-order valence-electron chi connectivity index (χ3n) is 4.67. The van der Waals surface area contributed by atoms with Crippen molar-refractivity contribution in [3.63, 3.8) is 0 Å². The highest BCUT2D eigenvalue weighted by Gasteiger charge is 2.40. The predicted molar refractivity (Wildman–Crippen MR) is 85.2 cm³/mol. The molecule has 3 rings (SSSR count). The molecule has 0 spiro atoms. The molecule has 114 valence electrons. The van der Waals surface area contributed by atoms with Crippen molar-refractivity contribution >= 4 is 22.4 Å². The molecule has 2 unspecified atom stereocenters. The standard InChI is InChI=1S/C16H22N2O2S/c1-18(2)15-7-6-11(10-17-15)16(19)12-8-13-4-3-5-14(9-12)21(13)20/h6-7,10,12-14H,3-5,8-9H2,1-2H3. The lowest BCUT2D eigenvalue weighted by atomic mass is 9.85. The monoisotopic (exact) mass is 306 g/mol. The summed E-state index contributed by atoms with van der Waals surface area (Å²) in [4.78, 5) is 18.9. The third kappa shape index (κ3) is 2.89. The molecule has 5 heteroatoms. The molecular formula is C16H22N2O2S. The normalized spacial score (nSPS) is 31.7. The number of fused-ring (bicyclic) bond motifs is 2. The second-order valence-electron chi connectivity index (χ2n) is 6.34. The SMILES string of the molecule is CN(C)c1ccc(C(=O)C2CC3CCCC(C2)S3=O)cn1. The average Bonchev–Trinajstić information content (AvgIpc) is 2.46. The van der Waals surface area contributed by atoms with Crippen LogP contribution in [-0.2, 0) is 10.8 Å². The number of hydrogen-bond acceptors (Lipinski definition) is 4. The molecule has 2 bridgehead atoms. The summed E-state index contributed by atoms with van der Waals surface area (Å²) in [6.07, 6.45) is 6.46. The number of pyridine rings is 1. The summed E-state index contributed by atoms with van der Waals surface area (Å²) < 4.78 is 12.2. The van der Waals surface area contributed by atoms with E-state index in [-0.39, 0.29) is 22.2 Å². The summed E-state index contributed by atoms with van der Waals surface area (Å²) in [7, 11) is 3.15. The molecule has 2 fully saturated rings. The molecule has 3 heterocycles. The molecule has 0 amide bonds. The lowest BCUT2D eigenvalue weighted by Crippen LogP contribution is -2.41. The lowest BCUT2D eigenvalue weighted by molar-refractivity contribution is 0.0895. The minimum absolute atomic E-state index is 0.0324. The molecule has 0 aromatic carbocycles. The quantitative estimate of drug-likeness (QED) is 0.805. The van der Waals surface area contributed by atoms with Gasteiger partial charge in [-0.1, -0.05) is 6.42 Å². The minimum Gasteiger partial charge on any atom is -0.363 e. The van der Waals surface area contributed by atoms with Gasteiger partial charge < -0.3 is 4.90 Å². The fraction of sp³-hybridized carbons (Fsp3) is 0.625. The average molecular weight is 306 g/mol. The van der Waals surface area contributed by atoms with Crippen molar-refractivity contribution in [2.75, 3.05) is 19.0 Å². The van der Waals surface area contributed by atoms with E-state index in [1.54, 1.807) is 6.20 Å². The van der Waals surface area contributed by atoms with Gasteiger partial charge in [-0.2, -0.15) is 0 Å². The zero-order chi connectivity index (χ0) is 15.0. The second kappa shape index (κ2) is 5.87. The van der Waals surface area contributed by atoms with Crippen molar-refractivity contribution in [2.24, 2.45) is 5.92 Å². The molecule has 1 aromatic rings. The Morgan fingerprint density at radius 2 is 1.90 bits per heavy atom. The Labute approximate surface area is 128 Å². The predicted octanol–water partition coefficient (Wildman–Crippen LogP) is 2.41. The van der Waals surface area contributed by atoms with Crippen LogP contribution in [0.15, 0.2) is 18.3 Å². The van der Waals surface area contributed by atoms with Crippen LogP contribution in [0.5, 0.6) is 0 Å². The van der Waals surface area contributed by atoms with Crippen molar-refractivity contribution in [3.05, 3.63) is 23.9 Å². The zero-order valence-corrected chi connectivity index (χ0v) is 13.4. The first-order valence-corrected chi connectivity index (χ1v) is 8.91. The Morgan fingerprint density at radius 1 is 1.24 bits per heavy atom. The first-order chi connectivity index (χ1) is 10.1. The Morgan fingerprint density at radius 3 is 2.43 bits per heavy atom. The number of rotatable bonds is 3. The molecule has 2 atom stereocenters. The van der Waals surface area contributed by atoms with Crippen molar-refractivity contribution in [1.82, 2.24) is 4.98 Å². The number of hydrogen-bond donors (Lipinski definition) is 0. The van der Waals surface area contributed by atoms with E-state index >= 15 is 0 Å². The van der Waals surface area contributed by atoms with E-state index in [0.717, 1.165) is 31.5 Å². The highest BCUT2D eigenvalue weighted by molar-refractivity contribution is 7.86. The summed E-state index contributed by atoms with van der Waals surface area (Å²) in [5.74, 6) is 1.07. The molecule has 21 heavy (non-hydrogen) atoms. The fourth-order valence-corrected chi connectivity index (χ4v) is 5.67. The Hall–Kier alpha value is -1.23. The van der Waals surface area contributed by atoms with Crippen LogP contribution in [-0.4, -0.2) is 39.6 Å². The number of aromatic nitrogens is 1. The van der Waals surface area contributed by atoms with Crippen LogP contribution >= 0.6 is 0 Å². The number of nitrogens with zero attached hydrogens (tertiary/aromatic N) is 2. The van der Waals surface area contributed by atoms with Gasteiger partial charge in [0.25, 0.3) is 0 Å². The van der Waals surface area contributed by atoms with Crippen LogP contribution in [0.25, 0.3) is 0 Å². The minimum atomic E-state index is -0.714. The fourth-order valence-electron chi connectivity index (χ4n) is 3.48. The largest absolute Gasteiger partial charge is 0.363 e. The first kappa shape index (κ1) is 14.7. The number of Topliss-reactive ketones (excluding diaryl/α,β-unsaturated/α-hetero) is 1. The Kier molecular flexibility index (Phi) is 4.11. The second-order valence-corrected chi connectivity index (χ2v) is 8.33. The van der Waals surface area contributed by atoms with Gasteiger partial charge in [0.1, 0.15) is 5.82 Å². The molecule has 2 aliphatic rings. The van der Waals surface area contributed by atoms with Crippen molar-refractivity contribution in [2.45, 2.75) is 42.6 Å². The van der Waals surface area contributed by atoms with Crippen LogP contribution in [0, 0.1) is 5.92 Å². The van der Waals surface area contributed by atoms with E-state index in [4.69, 9.17) is 0 Å². The van der Waals surface area contributed by atoms with Crippen LogP contribution in [0.1, 0.15) is 42.5 Å². The van der Waals surface area contributed by atoms with Gasteiger partial charge in [0, 0.05) is 53.1 Å². The summed E-state index contributed by atoms with van der Waals surface area (Å²) >= 11 is 0. The maximum atomic E-state index is 12.7. The van der Waals surface area contributed by atoms with E-state index in [9.17, 15) is 9.00 Å². The molecule has 0 radical (unpaired) electrons. The Bertz CT molecular complexity index is 540. The van der Waals surface area contributed by atoms with Crippen LogP contribution in [0.4, 0.5) is 5.82 Å². The van der Waals surface area contributed by atoms with Gasteiger partial charge >= 0.3 is 0 Å². The number of anilines is 1. The molecule has 2 aliphatic heterocycles. The number of carbonyl (C=O) groups excluding carboxylic acids is 1. The molecular weight excluding hydrogens is 284 g/mol. The van der Waals surface area contributed by atoms with Gasteiger partial charge in [-0.25, -0.2) is 4.98 Å². The van der Waals surface area contributed by atoms with E-state index in [1.165, 1.54) is 6.42 Å². The van der Waals surface area contributed by atoms with Gasteiger partial charge in [0.05, 0.1) is 0 Å². The van der Waals surface area contributed by atoms with E-state index < -0.39 is 10.8 Å². The number of carbonyl (C=O) groups is 1. The van der Waals surface area contributed by atoms with Gasteiger partial charge in [-0.15, -0.1) is 0 Å². The molecule has 0 N–H and O–H groups in total. The molecule has 2 saturated heterocycles. The van der Waals surface area contributed by atoms with Crippen molar-refractivity contribution in [3.8, 4) is 0 Å². The molecule has 1 aromatic heterocycles. The van der Waals surface area contributed by atoms with Crippen LogP contribution in [0.2, 0.25) is 0 Å². The Balaban J connectivity index is 1.75. The first-order valence-electron chi connectivity index (χ1n) is 7.63. The van der Waals surface area contributed by atoms with Gasteiger partial charge in [0.2, 0.25) is 0 Å². The number of ketones is 1. The van der Waals surface area contributed by atoms with Crippen molar-refractivity contribution in [1.29, 1.82) is 0 Å². The lowest BCUT2D eigenvalue weighted by Gasteiger charge is -2.37. The third-order valence-corrected chi connectivity index (χ3v) is 6.84.